The van der Waals surface area contributed by atoms with Crippen LogP contribution in [0.3, 0.4) is 0 Å². The van der Waals surface area contributed by atoms with E-state index in [-0.39, 0.29) is 11.6 Å². The average molecular weight is 484 g/mol. The van der Waals surface area contributed by atoms with Crippen molar-refractivity contribution in [2.24, 2.45) is 0 Å². The van der Waals surface area contributed by atoms with Gasteiger partial charge in [-0.2, -0.15) is 0 Å². The molecule has 0 N–H and O–H groups in total. The molecule has 176 valence electrons. The second-order valence-corrected chi connectivity index (χ2v) is 10.8. The largest absolute Gasteiger partial charge is 0.324 e. The second-order valence-electron chi connectivity index (χ2n) is 8.01. The fourth-order valence-corrected chi connectivity index (χ4v) is 7.61. The summed E-state index contributed by atoms with van der Waals surface area (Å²) in [6, 6.07) is 33.4. The number of carbonyl (C=O) groups is 1. The SMILES string of the molecule is CCN(C(=O)c1ccc([N+](=O)[O-])cc1)C(c1ccccc1)P(=O)(c1ccccc1)c1ccccc1. The third kappa shape index (κ3) is 4.79. The van der Waals surface area contributed by atoms with Crippen LogP contribution < -0.4 is 10.6 Å². The summed E-state index contributed by atoms with van der Waals surface area (Å²) in [7, 11) is -3.43. The number of nitro benzene ring substituents is 1. The van der Waals surface area contributed by atoms with Crippen LogP contribution in [0.2, 0.25) is 0 Å². The highest BCUT2D eigenvalue weighted by Gasteiger charge is 2.43. The van der Waals surface area contributed by atoms with Crippen molar-refractivity contribution in [3.63, 3.8) is 0 Å². The standard InChI is InChI=1S/C28H25N2O4P/c1-2-29(27(31)22-18-20-24(21-19-22)30(32)33)28(23-12-6-3-7-13-23)35(34,25-14-8-4-9-15-25)26-16-10-5-11-17-26/h3-21,28H,2H2,1H3. The first-order valence-corrected chi connectivity index (χ1v) is 13.1. The average Bonchev–Trinajstić information content (AvgIpc) is 2.92. The highest BCUT2D eigenvalue weighted by Crippen LogP contribution is 2.58. The quantitative estimate of drug-likeness (QED) is 0.181. The van der Waals surface area contributed by atoms with Gasteiger partial charge in [-0.15, -0.1) is 0 Å². The van der Waals surface area contributed by atoms with E-state index < -0.39 is 17.8 Å². The van der Waals surface area contributed by atoms with E-state index in [4.69, 9.17) is 0 Å². The van der Waals surface area contributed by atoms with E-state index in [0.29, 0.717) is 22.7 Å². The topological polar surface area (TPSA) is 80.5 Å². The van der Waals surface area contributed by atoms with E-state index in [9.17, 15) is 14.9 Å². The van der Waals surface area contributed by atoms with Crippen LogP contribution in [0.1, 0.15) is 28.6 Å². The van der Waals surface area contributed by atoms with Crippen LogP contribution in [0.4, 0.5) is 5.69 Å². The van der Waals surface area contributed by atoms with Gasteiger partial charge in [0.1, 0.15) is 5.78 Å². The number of amides is 1. The number of benzene rings is 4. The molecule has 0 heterocycles. The number of hydrogen-bond acceptors (Lipinski definition) is 4. The van der Waals surface area contributed by atoms with Crippen LogP contribution in [-0.2, 0) is 4.57 Å². The Bertz CT molecular complexity index is 1300. The molecule has 0 bridgehead atoms. The molecule has 1 atom stereocenters. The molecule has 0 saturated carbocycles. The first-order valence-electron chi connectivity index (χ1n) is 11.3. The van der Waals surface area contributed by atoms with Crippen LogP contribution in [0.15, 0.2) is 115 Å². The van der Waals surface area contributed by atoms with Gasteiger partial charge in [0.15, 0.2) is 7.14 Å². The first kappa shape index (κ1) is 24.1. The summed E-state index contributed by atoms with van der Waals surface area (Å²) in [5, 5.41) is 12.4. The zero-order valence-corrected chi connectivity index (χ0v) is 20.1. The summed E-state index contributed by atoms with van der Waals surface area (Å²) in [5.74, 6) is -1.12. The molecule has 35 heavy (non-hydrogen) atoms. The van der Waals surface area contributed by atoms with Gasteiger partial charge in [-0.25, -0.2) is 0 Å². The monoisotopic (exact) mass is 484 g/mol. The van der Waals surface area contributed by atoms with Gasteiger partial charge in [0.2, 0.25) is 0 Å². The summed E-state index contributed by atoms with van der Waals surface area (Å²) in [5.41, 5.74) is 0.954. The highest BCUT2D eigenvalue weighted by atomic mass is 31.2. The maximum absolute atomic E-state index is 15.3. The molecule has 0 aliphatic carbocycles. The minimum absolute atomic E-state index is 0.0940. The predicted molar refractivity (Wildman–Crippen MR) is 139 cm³/mol. The summed E-state index contributed by atoms with van der Waals surface area (Å²) in [6.07, 6.45) is 0. The maximum atomic E-state index is 15.3. The van der Waals surface area contributed by atoms with E-state index in [1.807, 2.05) is 97.9 Å². The van der Waals surface area contributed by atoms with Gasteiger partial charge in [0, 0.05) is 34.9 Å². The number of carbonyl (C=O) groups excluding carboxylic acids is 1. The molecule has 0 spiro atoms. The zero-order valence-electron chi connectivity index (χ0n) is 19.2. The summed E-state index contributed by atoms with van der Waals surface area (Å²) < 4.78 is 15.3. The summed E-state index contributed by atoms with van der Waals surface area (Å²) in [4.78, 5) is 26.0. The molecular formula is C28H25N2O4P. The lowest BCUT2D eigenvalue weighted by Gasteiger charge is -2.37. The Morgan fingerprint density at radius 2 is 1.26 bits per heavy atom. The molecule has 4 aromatic carbocycles. The normalized spacial score (nSPS) is 12.0. The molecular weight excluding hydrogens is 459 g/mol. The number of hydrogen-bond donors (Lipinski definition) is 0. The minimum Gasteiger partial charge on any atom is -0.324 e. The molecule has 1 amide bonds. The van der Waals surface area contributed by atoms with Gasteiger partial charge in [-0.3, -0.25) is 14.9 Å². The predicted octanol–water partition coefficient (Wildman–Crippen LogP) is 5.77. The van der Waals surface area contributed by atoms with Crippen LogP contribution in [-0.4, -0.2) is 22.3 Å². The Hall–Kier alpha value is -4.02. The third-order valence-electron chi connectivity index (χ3n) is 5.94. The van der Waals surface area contributed by atoms with Gasteiger partial charge >= 0.3 is 0 Å². The smallest absolute Gasteiger partial charge is 0.269 e. The maximum Gasteiger partial charge on any atom is 0.269 e. The fourth-order valence-electron chi connectivity index (χ4n) is 4.26. The molecule has 0 aromatic heterocycles. The number of nitrogens with zero attached hydrogens (tertiary/aromatic N) is 2. The third-order valence-corrected chi connectivity index (χ3v) is 9.34. The molecule has 7 heteroatoms. The van der Waals surface area contributed by atoms with E-state index in [1.165, 1.54) is 24.3 Å². The molecule has 0 aliphatic rings. The number of non-ortho nitro benzene ring substituents is 1. The number of rotatable bonds is 8. The van der Waals surface area contributed by atoms with Crippen molar-refractivity contribution in [2.75, 3.05) is 6.54 Å². The van der Waals surface area contributed by atoms with Gasteiger partial charge in [-0.1, -0.05) is 91.0 Å². The van der Waals surface area contributed by atoms with E-state index in [2.05, 4.69) is 0 Å². The van der Waals surface area contributed by atoms with Gasteiger partial charge in [0.05, 0.1) is 4.92 Å². The highest BCUT2D eigenvalue weighted by molar-refractivity contribution is 7.79. The molecule has 0 radical (unpaired) electrons. The van der Waals surface area contributed by atoms with Crippen molar-refractivity contribution < 1.29 is 14.3 Å². The van der Waals surface area contributed by atoms with Crippen molar-refractivity contribution in [1.82, 2.24) is 4.90 Å². The van der Waals surface area contributed by atoms with E-state index in [1.54, 1.807) is 4.90 Å². The summed E-state index contributed by atoms with van der Waals surface area (Å²) in [6.45, 7) is 2.14. The Morgan fingerprint density at radius 3 is 1.69 bits per heavy atom. The van der Waals surface area contributed by atoms with Gasteiger partial charge in [0.25, 0.3) is 11.6 Å². The molecule has 0 fully saturated rings. The Labute approximate surface area is 204 Å². The lowest BCUT2D eigenvalue weighted by Crippen LogP contribution is -2.38. The van der Waals surface area contributed by atoms with E-state index >= 15 is 4.57 Å². The van der Waals surface area contributed by atoms with Crippen LogP contribution in [0.25, 0.3) is 0 Å². The molecule has 0 saturated heterocycles. The van der Waals surface area contributed by atoms with Crippen molar-refractivity contribution in [3.8, 4) is 0 Å². The lowest BCUT2D eigenvalue weighted by atomic mass is 10.1. The van der Waals surface area contributed by atoms with Crippen molar-refractivity contribution in [2.45, 2.75) is 12.7 Å². The fraction of sp³-hybridized carbons (Fsp3) is 0.107. The van der Waals surface area contributed by atoms with Crippen LogP contribution >= 0.6 is 7.14 Å². The Balaban J connectivity index is 1.92. The second kappa shape index (κ2) is 10.5. The lowest BCUT2D eigenvalue weighted by molar-refractivity contribution is -0.384. The van der Waals surface area contributed by atoms with Crippen molar-refractivity contribution in [1.29, 1.82) is 0 Å². The van der Waals surface area contributed by atoms with E-state index in [0.717, 1.165) is 5.56 Å². The van der Waals surface area contributed by atoms with Gasteiger partial charge in [-0.05, 0) is 24.6 Å². The molecule has 0 aliphatic heterocycles. The minimum atomic E-state index is -3.43. The molecule has 6 nitrogen and oxygen atoms in total. The number of nitro groups is 1. The molecule has 4 rings (SSSR count). The van der Waals surface area contributed by atoms with Crippen LogP contribution in [0, 0.1) is 10.1 Å². The Morgan fingerprint density at radius 1 is 0.800 bits per heavy atom. The molecule has 1 unspecified atom stereocenters. The first-order chi connectivity index (χ1) is 17.0. The molecule has 4 aromatic rings. The zero-order chi connectivity index (χ0) is 24.8. The van der Waals surface area contributed by atoms with Crippen molar-refractivity contribution >= 4 is 29.3 Å². The van der Waals surface area contributed by atoms with Gasteiger partial charge < -0.3 is 9.46 Å². The van der Waals surface area contributed by atoms with Crippen molar-refractivity contribution in [3.05, 3.63) is 137 Å². The summed E-state index contributed by atoms with van der Waals surface area (Å²) >= 11 is 0. The van der Waals surface area contributed by atoms with Crippen LogP contribution in [0.5, 0.6) is 0 Å². The Kier molecular flexibility index (Phi) is 7.23.